The predicted octanol–water partition coefficient (Wildman–Crippen LogP) is 2.47. The Balaban J connectivity index is 2.21. The maximum absolute atomic E-state index is 3.60. The third-order valence-electron chi connectivity index (χ3n) is 3.75. The summed E-state index contributed by atoms with van der Waals surface area (Å²) in [7, 11) is 2.05. The number of nitrogens with one attached hydrogen (secondary N) is 2. The molecule has 1 aliphatic rings. The van der Waals surface area contributed by atoms with Crippen molar-refractivity contribution in [3.63, 3.8) is 0 Å². The molecule has 1 aromatic carbocycles. The maximum Gasteiger partial charge on any atom is 0.0488 e. The monoisotopic (exact) mass is 214 g/mol. The maximum atomic E-state index is 3.60. The first kappa shape index (κ1) is 9.91. The Morgan fingerprint density at radius 1 is 1.25 bits per heavy atom. The van der Waals surface area contributed by atoms with Crippen molar-refractivity contribution < 1.29 is 0 Å². The van der Waals surface area contributed by atoms with Gasteiger partial charge >= 0.3 is 0 Å². The Labute approximate surface area is 96.1 Å². The van der Waals surface area contributed by atoms with E-state index in [-0.39, 0.29) is 0 Å². The summed E-state index contributed by atoms with van der Waals surface area (Å²) >= 11 is 0. The minimum absolute atomic E-state index is 0.617. The van der Waals surface area contributed by atoms with Gasteiger partial charge in [0.25, 0.3) is 0 Å². The lowest BCUT2D eigenvalue weighted by atomic mass is 10.0. The number of likely N-dealkylation sites (N-methyl/N-ethyl adjacent to an activating group) is 1. The number of aromatic amines is 1. The average Bonchev–Trinajstić information content (AvgIpc) is 2.76. The van der Waals surface area contributed by atoms with Crippen LogP contribution in [-0.2, 0) is 12.8 Å². The standard InChI is InChI=1S/C14H18N2/c1-8-4-9(2)14-12(5-8)11-6-10(15-3)7-13(11)16-14/h4-5,10,15-16H,6-7H2,1-3H3. The molecule has 1 unspecified atom stereocenters. The molecule has 0 bridgehead atoms. The third-order valence-corrected chi connectivity index (χ3v) is 3.75. The second-order valence-corrected chi connectivity index (χ2v) is 4.98. The van der Waals surface area contributed by atoms with Gasteiger partial charge in [-0.05, 0) is 44.5 Å². The van der Waals surface area contributed by atoms with E-state index in [1.165, 1.54) is 33.3 Å². The number of benzene rings is 1. The van der Waals surface area contributed by atoms with Gasteiger partial charge in [-0.1, -0.05) is 11.6 Å². The quantitative estimate of drug-likeness (QED) is 0.750. The van der Waals surface area contributed by atoms with E-state index >= 15 is 0 Å². The summed E-state index contributed by atoms with van der Waals surface area (Å²) in [6.45, 7) is 4.37. The molecule has 1 aromatic heterocycles. The summed E-state index contributed by atoms with van der Waals surface area (Å²) in [5, 5.41) is 4.81. The molecule has 0 spiro atoms. The van der Waals surface area contributed by atoms with E-state index in [2.05, 4.69) is 43.3 Å². The lowest BCUT2D eigenvalue weighted by molar-refractivity contribution is 0.590. The summed E-state index contributed by atoms with van der Waals surface area (Å²) in [6, 6.07) is 5.19. The first-order valence-electron chi connectivity index (χ1n) is 5.97. The predicted molar refractivity (Wildman–Crippen MR) is 68.0 cm³/mol. The van der Waals surface area contributed by atoms with Crippen LogP contribution in [0.4, 0.5) is 0 Å². The molecule has 2 heteroatoms. The smallest absolute Gasteiger partial charge is 0.0488 e. The molecule has 2 nitrogen and oxygen atoms in total. The van der Waals surface area contributed by atoms with E-state index in [0.29, 0.717) is 6.04 Å². The van der Waals surface area contributed by atoms with Crippen LogP contribution in [0.1, 0.15) is 22.4 Å². The Kier molecular flexibility index (Phi) is 2.08. The molecule has 0 radical (unpaired) electrons. The van der Waals surface area contributed by atoms with Crippen LogP contribution in [0.15, 0.2) is 12.1 Å². The molecule has 16 heavy (non-hydrogen) atoms. The van der Waals surface area contributed by atoms with Crippen molar-refractivity contribution in [3.8, 4) is 0 Å². The zero-order valence-corrected chi connectivity index (χ0v) is 10.1. The van der Waals surface area contributed by atoms with E-state index in [1.54, 1.807) is 0 Å². The Morgan fingerprint density at radius 2 is 2.06 bits per heavy atom. The lowest BCUT2D eigenvalue weighted by Crippen LogP contribution is -2.25. The van der Waals surface area contributed by atoms with E-state index in [4.69, 9.17) is 0 Å². The van der Waals surface area contributed by atoms with Crippen LogP contribution < -0.4 is 5.32 Å². The second kappa shape index (κ2) is 3.36. The van der Waals surface area contributed by atoms with Gasteiger partial charge in [0.05, 0.1) is 0 Å². The highest BCUT2D eigenvalue weighted by atomic mass is 14.9. The van der Waals surface area contributed by atoms with Gasteiger partial charge in [0.2, 0.25) is 0 Å². The normalized spacial score (nSPS) is 19.3. The van der Waals surface area contributed by atoms with Crippen LogP contribution >= 0.6 is 0 Å². The fourth-order valence-electron chi connectivity index (χ4n) is 2.94. The van der Waals surface area contributed by atoms with Gasteiger partial charge < -0.3 is 10.3 Å². The highest BCUT2D eigenvalue weighted by molar-refractivity contribution is 5.88. The number of hydrogen-bond donors (Lipinski definition) is 2. The van der Waals surface area contributed by atoms with E-state index < -0.39 is 0 Å². The van der Waals surface area contributed by atoms with Crippen LogP contribution in [0.2, 0.25) is 0 Å². The molecular weight excluding hydrogens is 196 g/mol. The Hall–Kier alpha value is -1.28. The fourth-order valence-corrected chi connectivity index (χ4v) is 2.94. The van der Waals surface area contributed by atoms with Crippen molar-refractivity contribution in [2.45, 2.75) is 32.7 Å². The van der Waals surface area contributed by atoms with Gasteiger partial charge in [0, 0.05) is 29.1 Å². The first-order valence-corrected chi connectivity index (χ1v) is 5.97. The first-order chi connectivity index (χ1) is 7.69. The SMILES string of the molecule is CNC1Cc2[nH]c3c(C)cc(C)cc3c2C1. The van der Waals surface area contributed by atoms with Crippen molar-refractivity contribution >= 4 is 10.9 Å². The molecule has 0 saturated carbocycles. The molecular formula is C14H18N2. The highest BCUT2D eigenvalue weighted by Crippen LogP contribution is 2.32. The van der Waals surface area contributed by atoms with Crippen molar-refractivity contribution in [2.75, 3.05) is 7.05 Å². The van der Waals surface area contributed by atoms with E-state index in [9.17, 15) is 0 Å². The topological polar surface area (TPSA) is 27.8 Å². The van der Waals surface area contributed by atoms with Crippen molar-refractivity contribution in [1.82, 2.24) is 10.3 Å². The second-order valence-electron chi connectivity index (χ2n) is 4.98. The highest BCUT2D eigenvalue weighted by Gasteiger charge is 2.24. The number of rotatable bonds is 1. The van der Waals surface area contributed by atoms with Gasteiger partial charge in [-0.15, -0.1) is 0 Å². The summed E-state index contributed by atoms with van der Waals surface area (Å²) in [6.07, 6.45) is 2.30. The summed E-state index contributed by atoms with van der Waals surface area (Å²) in [5.41, 5.74) is 7.03. The zero-order valence-electron chi connectivity index (χ0n) is 10.1. The van der Waals surface area contributed by atoms with Crippen LogP contribution in [-0.4, -0.2) is 18.1 Å². The van der Waals surface area contributed by atoms with Gasteiger partial charge in [0.1, 0.15) is 0 Å². The summed E-state index contributed by atoms with van der Waals surface area (Å²) in [5.74, 6) is 0. The number of hydrogen-bond acceptors (Lipinski definition) is 1. The van der Waals surface area contributed by atoms with Crippen LogP contribution in [0.3, 0.4) is 0 Å². The molecule has 1 heterocycles. The van der Waals surface area contributed by atoms with E-state index in [0.717, 1.165) is 12.8 Å². The lowest BCUT2D eigenvalue weighted by Gasteiger charge is -2.07. The molecule has 0 saturated heterocycles. The molecule has 2 N–H and O–H groups in total. The van der Waals surface area contributed by atoms with Gasteiger partial charge in [-0.2, -0.15) is 0 Å². The molecule has 1 atom stereocenters. The van der Waals surface area contributed by atoms with Crippen LogP contribution in [0.5, 0.6) is 0 Å². The molecule has 2 aromatic rings. The van der Waals surface area contributed by atoms with Crippen LogP contribution in [0, 0.1) is 13.8 Å². The van der Waals surface area contributed by atoms with Crippen LogP contribution in [0.25, 0.3) is 10.9 Å². The number of fused-ring (bicyclic) bond motifs is 3. The minimum atomic E-state index is 0.617. The number of H-pyrrole nitrogens is 1. The molecule has 3 rings (SSSR count). The fraction of sp³-hybridized carbons (Fsp3) is 0.429. The number of aryl methyl sites for hydroxylation is 2. The van der Waals surface area contributed by atoms with Gasteiger partial charge in [-0.3, -0.25) is 0 Å². The molecule has 1 aliphatic carbocycles. The van der Waals surface area contributed by atoms with Crippen molar-refractivity contribution in [2.24, 2.45) is 0 Å². The molecule has 84 valence electrons. The third kappa shape index (κ3) is 1.30. The van der Waals surface area contributed by atoms with Crippen molar-refractivity contribution in [1.29, 1.82) is 0 Å². The minimum Gasteiger partial charge on any atom is -0.358 e. The Morgan fingerprint density at radius 3 is 2.81 bits per heavy atom. The van der Waals surface area contributed by atoms with E-state index in [1.807, 2.05) is 0 Å². The number of aromatic nitrogens is 1. The molecule has 0 aliphatic heterocycles. The average molecular weight is 214 g/mol. The Bertz CT molecular complexity index is 551. The van der Waals surface area contributed by atoms with Gasteiger partial charge in [-0.25, -0.2) is 0 Å². The zero-order chi connectivity index (χ0) is 11.3. The van der Waals surface area contributed by atoms with Gasteiger partial charge in [0.15, 0.2) is 0 Å². The summed E-state index contributed by atoms with van der Waals surface area (Å²) in [4.78, 5) is 3.60. The largest absolute Gasteiger partial charge is 0.358 e. The summed E-state index contributed by atoms with van der Waals surface area (Å²) < 4.78 is 0. The molecule has 0 fully saturated rings. The van der Waals surface area contributed by atoms with Crippen molar-refractivity contribution in [3.05, 3.63) is 34.5 Å². The molecule has 0 amide bonds.